The van der Waals surface area contributed by atoms with Crippen molar-refractivity contribution in [2.24, 2.45) is 0 Å². The molecule has 110 valence electrons. The van der Waals surface area contributed by atoms with Gasteiger partial charge in [0.15, 0.2) is 0 Å². The highest BCUT2D eigenvalue weighted by atomic mass is 35.5. The standard InChI is InChI=1S/C17H17ClO3/c1-4-21-17(20)14-10(2)15(18)13(11(3)16(14)19)12-8-6-5-7-9-12/h5-9,19H,4H2,1-3H3. The minimum absolute atomic E-state index is 0.0748. The van der Waals surface area contributed by atoms with Crippen molar-refractivity contribution in [2.75, 3.05) is 6.61 Å². The second-order valence-corrected chi connectivity index (χ2v) is 5.13. The van der Waals surface area contributed by atoms with Gasteiger partial charge in [0.25, 0.3) is 0 Å². The van der Waals surface area contributed by atoms with Crippen LogP contribution in [0.5, 0.6) is 5.75 Å². The van der Waals surface area contributed by atoms with Crippen molar-refractivity contribution in [3.05, 3.63) is 52.0 Å². The van der Waals surface area contributed by atoms with E-state index >= 15 is 0 Å². The molecule has 0 radical (unpaired) electrons. The third kappa shape index (κ3) is 2.74. The van der Waals surface area contributed by atoms with Gasteiger partial charge in [-0.15, -0.1) is 0 Å². The van der Waals surface area contributed by atoms with Crippen molar-refractivity contribution in [1.82, 2.24) is 0 Å². The second kappa shape index (κ2) is 6.19. The number of phenols is 1. The average Bonchev–Trinajstić information content (AvgIpc) is 2.47. The number of hydrogen-bond donors (Lipinski definition) is 1. The number of ether oxygens (including phenoxy) is 1. The molecule has 0 aliphatic heterocycles. The zero-order chi connectivity index (χ0) is 15.6. The molecule has 0 fully saturated rings. The Labute approximate surface area is 129 Å². The molecule has 0 amide bonds. The Bertz CT molecular complexity index is 649. The van der Waals surface area contributed by atoms with Crippen molar-refractivity contribution in [3.63, 3.8) is 0 Å². The number of phenolic OH excluding ortho intramolecular Hbond substituents is 1. The summed E-state index contributed by atoms with van der Waals surface area (Å²) >= 11 is 6.44. The summed E-state index contributed by atoms with van der Waals surface area (Å²) in [6.07, 6.45) is 0. The van der Waals surface area contributed by atoms with E-state index in [1.165, 1.54) is 0 Å². The van der Waals surface area contributed by atoms with E-state index in [-0.39, 0.29) is 17.9 Å². The van der Waals surface area contributed by atoms with Gasteiger partial charge in [0, 0.05) is 11.1 Å². The smallest absolute Gasteiger partial charge is 0.342 e. The molecule has 0 unspecified atom stereocenters. The van der Waals surface area contributed by atoms with Gasteiger partial charge in [-0.3, -0.25) is 0 Å². The Morgan fingerprint density at radius 3 is 2.38 bits per heavy atom. The van der Waals surface area contributed by atoms with Crippen LogP contribution in [0.15, 0.2) is 30.3 Å². The lowest BCUT2D eigenvalue weighted by Crippen LogP contribution is -2.09. The average molecular weight is 305 g/mol. The predicted octanol–water partition coefficient (Wildman–Crippen LogP) is 4.51. The number of esters is 1. The van der Waals surface area contributed by atoms with Crippen molar-refractivity contribution >= 4 is 17.6 Å². The highest BCUT2D eigenvalue weighted by Gasteiger charge is 2.24. The molecule has 0 aliphatic carbocycles. The highest BCUT2D eigenvalue weighted by Crippen LogP contribution is 2.41. The summed E-state index contributed by atoms with van der Waals surface area (Å²) in [7, 11) is 0. The molecule has 4 heteroatoms. The fourth-order valence-electron chi connectivity index (χ4n) is 2.35. The van der Waals surface area contributed by atoms with Gasteiger partial charge < -0.3 is 9.84 Å². The van der Waals surface area contributed by atoms with E-state index in [0.29, 0.717) is 16.1 Å². The SMILES string of the molecule is CCOC(=O)c1c(C)c(Cl)c(-c2ccccc2)c(C)c1O. The molecule has 0 aliphatic rings. The molecule has 2 aromatic rings. The zero-order valence-electron chi connectivity index (χ0n) is 12.2. The lowest BCUT2D eigenvalue weighted by Gasteiger charge is -2.17. The number of hydrogen-bond acceptors (Lipinski definition) is 3. The van der Waals surface area contributed by atoms with Gasteiger partial charge in [0.2, 0.25) is 0 Å². The largest absolute Gasteiger partial charge is 0.507 e. The minimum Gasteiger partial charge on any atom is -0.507 e. The van der Waals surface area contributed by atoms with Crippen molar-refractivity contribution < 1.29 is 14.6 Å². The second-order valence-electron chi connectivity index (χ2n) is 4.75. The van der Waals surface area contributed by atoms with Crippen molar-refractivity contribution in [3.8, 4) is 16.9 Å². The molecule has 2 aromatic carbocycles. The van der Waals surface area contributed by atoms with Crippen LogP contribution < -0.4 is 0 Å². The molecule has 0 atom stereocenters. The molecule has 0 bridgehead atoms. The predicted molar refractivity (Wildman–Crippen MR) is 84.0 cm³/mol. The maximum absolute atomic E-state index is 12.0. The normalized spacial score (nSPS) is 10.5. The van der Waals surface area contributed by atoms with Crippen LogP contribution in [0.25, 0.3) is 11.1 Å². The van der Waals surface area contributed by atoms with Gasteiger partial charge in [-0.05, 0) is 31.9 Å². The van der Waals surface area contributed by atoms with E-state index in [0.717, 1.165) is 11.1 Å². The Hall–Kier alpha value is -2.00. The van der Waals surface area contributed by atoms with Crippen molar-refractivity contribution in [2.45, 2.75) is 20.8 Å². The minimum atomic E-state index is -0.558. The van der Waals surface area contributed by atoms with E-state index < -0.39 is 5.97 Å². The summed E-state index contributed by atoms with van der Waals surface area (Å²) in [5.41, 5.74) is 2.87. The van der Waals surface area contributed by atoms with Gasteiger partial charge in [-0.25, -0.2) is 4.79 Å². The summed E-state index contributed by atoms with van der Waals surface area (Å²) in [6, 6.07) is 9.54. The molecular weight excluding hydrogens is 288 g/mol. The van der Waals surface area contributed by atoms with Crippen LogP contribution in [0, 0.1) is 13.8 Å². The van der Waals surface area contributed by atoms with E-state index in [1.807, 2.05) is 30.3 Å². The Kier molecular flexibility index (Phi) is 4.53. The van der Waals surface area contributed by atoms with Gasteiger partial charge in [0.1, 0.15) is 11.3 Å². The van der Waals surface area contributed by atoms with E-state index in [1.54, 1.807) is 20.8 Å². The summed E-state index contributed by atoms with van der Waals surface area (Å²) in [4.78, 5) is 12.0. The molecule has 0 spiro atoms. The summed E-state index contributed by atoms with van der Waals surface area (Å²) in [5, 5.41) is 10.8. The quantitative estimate of drug-likeness (QED) is 0.849. The van der Waals surface area contributed by atoms with Gasteiger partial charge in [0.05, 0.1) is 11.6 Å². The number of aromatic hydroxyl groups is 1. The van der Waals surface area contributed by atoms with Crippen LogP contribution in [0.4, 0.5) is 0 Å². The fraction of sp³-hybridized carbons (Fsp3) is 0.235. The molecule has 2 rings (SSSR count). The topological polar surface area (TPSA) is 46.5 Å². The third-order valence-corrected chi connectivity index (χ3v) is 3.91. The molecule has 0 saturated heterocycles. The Morgan fingerprint density at radius 1 is 1.19 bits per heavy atom. The molecule has 3 nitrogen and oxygen atoms in total. The van der Waals surface area contributed by atoms with Crippen LogP contribution >= 0.6 is 11.6 Å². The number of carbonyl (C=O) groups excluding carboxylic acids is 1. The number of halogens is 1. The van der Waals surface area contributed by atoms with Gasteiger partial charge in [-0.1, -0.05) is 41.9 Å². The number of carbonyl (C=O) groups is 1. The maximum Gasteiger partial charge on any atom is 0.342 e. The number of rotatable bonds is 3. The third-order valence-electron chi connectivity index (χ3n) is 3.43. The van der Waals surface area contributed by atoms with E-state index in [4.69, 9.17) is 16.3 Å². The lowest BCUT2D eigenvalue weighted by atomic mass is 9.93. The van der Waals surface area contributed by atoms with E-state index in [2.05, 4.69) is 0 Å². The highest BCUT2D eigenvalue weighted by molar-refractivity contribution is 6.35. The number of benzene rings is 2. The molecular formula is C17H17ClO3. The molecule has 0 aromatic heterocycles. The first kappa shape index (κ1) is 15.4. The first-order chi connectivity index (χ1) is 9.99. The first-order valence-corrected chi connectivity index (χ1v) is 7.11. The molecule has 21 heavy (non-hydrogen) atoms. The van der Waals surface area contributed by atoms with Crippen LogP contribution in [0.1, 0.15) is 28.4 Å². The van der Waals surface area contributed by atoms with Crippen LogP contribution in [-0.4, -0.2) is 17.7 Å². The lowest BCUT2D eigenvalue weighted by molar-refractivity contribution is 0.0522. The van der Waals surface area contributed by atoms with Crippen LogP contribution in [0.3, 0.4) is 0 Å². The zero-order valence-corrected chi connectivity index (χ0v) is 13.0. The van der Waals surface area contributed by atoms with Crippen LogP contribution in [0.2, 0.25) is 5.02 Å². The molecule has 1 N–H and O–H groups in total. The van der Waals surface area contributed by atoms with Gasteiger partial charge >= 0.3 is 5.97 Å². The Balaban J connectivity index is 2.70. The van der Waals surface area contributed by atoms with Crippen LogP contribution in [-0.2, 0) is 4.74 Å². The Morgan fingerprint density at radius 2 is 1.81 bits per heavy atom. The summed E-state index contributed by atoms with van der Waals surface area (Å²) in [5.74, 6) is -0.633. The van der Waals surface area contributed by atoms with E-state index in [9.17, 15) is 9.90 Å². The first-order valence-electron chi connectivity index (χ1n) is 6.73. The van der Waals surface area contributed by atoms with Gasteiger partial charge in [-0.2, -0.15) is 0 Å². The maximum atomic E-state index is 12.0. The summed E-state index contributed by atoms with van der Waals surface area (Å²) in [6.45, 7) is 5.41. The molecule has 0 saturated carbocycles. The fourth-order valence-corrected chi connectivity index (χ4v) is 2.69. The summed E-state index contributed by atoms with van der Waals surface area (Å²) < 4.78 is 4.99. The monoisotopic (exact) mass is 304 g/mol. The molecule has 0 heterocycles. The van der Waals surface area contributed by atoms with Crippen molar-refractivity contribution in [1.29, 1.82) is 0 Å².